The minimum absolute atomic E-state index is 0.137. The monoisotopic (exact) mass is 364 g/mol. The molecule has 1 aromatic carbocycles. The zero-order valence-corrected chi connectivity index (χ0v) is 13.6. The van der Waals surface area contributed by atoms with Gasteiger partial charge >= 0.3 is 5.97 Å². The zero-order chi connectivity index (χ0) is 19.3. The van der Waals surface area contributed by atoms with Crippen LogP contribution in [-0.2, 0) is 16.0 Å². The lowest BCUT2D eigenvalue weighted by Gasteiger charge is -2.17. The molecule has 0 amide bonds. The number of aliphatic carboxylic acids is 1. The molecule has 0 aliphatic heterocycles. The van der Waals surface area contributed by atoms with Gasteiger partial charge in [-0.25, -0.2) is 4.79 Å². The van der Waals surface area contributed by atoms with Crippen molar-refractivity contribution < 1.29 is 40.2 Å². The van der Waals surface area contributed by atoms with Crippen LogP contribution in [0.25, 0.3) is 0 Å². The molecular formula is C18H20O8. The second-order valence-electron chi connectivity index (χ2n) is 5.75. The lowest BCUT2D eigenvalue weighted by atomic mass is 10.0. The van der Waals surface area contributed by atoms with Gasteiger partial charge in [-0.05, 0) is 35.4 Å². The zero-order valence-electron chi connectivity index (χ0n) is 13.6. The van der Waals surface area contributed by atoms with Gasteiger partial charge in [0.05, 0.1) is 0 Å². The molecule has 1 aromatic rings. The molecule has 1 aliphatic rings. The van der Waals surface area contributed by atoms with Crippen LogP contribution in [0.5, 0.6) is 11.5 Å². The highest BCUT2D eigenvalue weighted by molar-refractivity contribution is 5.72. The number of phenolic OH excluding ortho intramolecular Hbond substituents is 2. The Morgan fingerprint density at radius 2 is 1.92 bits per heavy atom. The molecule has 6 N–H and O–H groups in total. The highest BCUT2D eigenvalue weighted by Gasteiger charge is 2.22. The van der Waals surface area contributed by atoms with Gasteiger partial charge in [0.2, 0.25) is 0 Å². The van der Waals surface area contributed by atoms with E-state index < -0.39 is 30.6 Å². The van der Waals surface area contributed by atoms with Gasteiger partial charge in [-0.3, -0.25) is 0 Å². The number of hydrogen-bond acceptors (Lipinski definition) is 7. The van der Waals surface area contributed by atoms with Crippen molar-refractivity contribution in [2.75, 3.05) is 0 Å². The number of allylic oxidation sites excluding steroid dienone is 3. The minimum atomic E-state index is -1.53. The topological polar surface area (TPSA) is 148 Å². The molecular weight excluding hydrogens is 344 g/mol. The van der Waals surface area contributed by atoms with Gasteiger partial charge in [0.1, 0.15) is 12.2 Å². The fraction of sp³-hybridized carbons (Fsp3) is 0.278. The van der Waals surface area contributed by atoms with Crippen molar-refractivity contribution in [3.63, 3.8) is 0 Å². The highest BCUT2D eigenvalue weighted by atomic mass is 16.6. The molecule has 0 fully saturated rings. The Hall–Kier alpha value is -2.65. The summed E-state index contributed by atoms with van der Waals surface area (Å²) in [5, 5.41) is 56.7. The van der Waals surface area contributed by atoms with Crippen LogP contribution >= 0.6 is 0 Å². The van der Waals surface area contributed by atoms with Crippen LogP contribution < -0.4 is 0 Å². The number of rotatable bonds is 7. The van der Waals surface area contributed by atoms with E-state index in [9.17, 15) is 35.4 Å². The summed E-state index contributed by atoms with van der Waals surface area (Å²) < 4.78 is 5.09. The van der Waals surface area contributed by atoms with E-state index in [0.717, 1.165) is 0 Å². The molecule has 0 spiro atoms. The fourth-order valence-electron chi connectivity index (χ4n) is 2.30. The number of benzene rings is 1. The third kappa shape index (κ3) is 5.43. The van der Waals surface area contributed by atoms with Gasteiger partial charge in [-0.1, -0.05) is 24.3 Å². The molecule has 2 rings (SSSR count). The Balaban J connectivity index is 1.99. The molecule has 0 aromatic heterocycles. The number of aromatic hydroxyl groups is 2. The summed E-state index contributed by atoms with van der Waals surface area (Å²) in [7, 11) is 0. The van der Waals surface area contributed by atoms with Crippen LogP contribution in [0.1, 0.15) is 5.56 Å². The smallest absolute Gasteiger partial charge is 0.333 e. The number of carboxylic acids is 1. The van der Waals surface area contributed by atoms with E-state index in [1.807, 2.05) is 0 Å². The molecule has 1 aliphatic carbocycles. The number of ether oxygens (including phenoxy) is 1. The van der Waals surface area contributed by atoms with Crippen LogP contribution in [0.4, 0.5) is 0 Å². The molecule has 0 heterocycles. The van der Waals surface area contributed by atoms with Gasteiger partial charge in [0.15, 0.2) is 23.9 Å². The number of aliphatic hydroxyl groups excluding tert-OH is 3. The van der Waals surface area contributed by atoms with Crippen LogP contribution in [0.3, 0.4) is 0 Å². The summed E-state index contributed by atoms with van der Waals surface area (Å²) in [6.45, 7) is 0. The second-order valence-corrected chi connectivity index (χ2v) is 5.75. The predicted octanol–water partition coefficient (Wildman–Crippen LogP) is 0.203. The van der Waals surface area contributed by atoms with Crippen LogP contribution in [0.15, 0.2) is 54.2 Å². The Labute approximate surface area is 149 Å². The van der Waals surface area contributed by atoms with E-state index in [4.69, 9.17) is 4.74 Å². The summed E-state index contributed by atoms with van der Waals surface area (Å²) in [6, 6.07) is 3.86. The maximum atomic E-state index is 11.3. The maximum absolute atomic E-state index is 11.3. The van der Waals surface area contributed by atoms with Crippen molar-refractivity contribution in [3.05, 3.63) is 59.7 Å². The van der Waals surface area contributed by atoms with Crippen LogP contribution in [0.2, 0.25) is 0 Å². The quantitative estimate of drug-likeness (QED) is 0.297. The average Bonchev–Trinajstić information content (AvgIpc) is 2.58. The highest BCUT2D eigenvalue weighted by Crippen LogP contribution is 2.25. The Morgan fingerprint density at radius 1 is 1.19 bits per heavy atom. The van der Waals surface area contributed by atoms with E-state index in [1.54, 1.807) is 0 Å². The summed E-state index contributed by atoms with van der Waals surface area (Å²) in [5.41, 5.74) is 0.916. The first-order chi connectivity index (χ1) is 12.3. The molecule has 8 heteroatoms. The van der Waals surface area contributed by atoms with Crippen molar-refractivity contribution in [1.82, 2.24) is 0 Å². The van der Waals surface area contributed by atoms with E-state index in [0.29, 0.717) is 11.1 Å². The van der Waals surface area contributed by atoms with E-state index in [1.165, 1.54) is 48.6 Å². The largest absolute Gasteiger partial charge is 0.504 e. The fourth-order valence-corrected chi connectivity index (χ4v) is 2.30. The van der Waals surface area contributed by atoms with Crippen molar-refractivity contribution in [3.8, 4) is 11.5 Å². The van der Waals surface area contributed by atoms with Gasteiger partial charge in [-0.2, -0.15) is 0 Å². The average molecular weight is 364 g/mol. The van der Waals surface area contributed by atoms with Gasteiger partial charge in [0, 0.05) is 6.42 Å². The number of carboxylic acid groups (broad SMARTS) is 1. The standard InChI is InChI=1S/C18H20O8/c19-12-4-1-10(7-14(12)21)3-6-17(23)26-16(18(24)25)9-11-2-5-13(20)15(22)8-11/h1-8,12,14,16-17,19-23H,9H2,(H,24,25)/b6-3+. The Bertz CT molecular complexity index is 737. The summed E-state index contributed by atoms with van der Waals surface area (Å²) in [4.78, 5) is 11.3. The molecule has 0 radical (unpaired) electrons. The Kier molecular flexibility index (Phi) is 6.53. The molecule has 140 valence electrons. The van der Waals surface area contributed by atoms with Gasteiger partial charge < -0.3 is 35.4 Å². The lowest BCUT2D eigenvalue weighted by Crippen LogP contribution is -2.30. The summed E-state index contributed by atoms with van der Waals surface area (Å²) in [5.74, 6) is -2.02. The van der Waals surface area contributed by atoms with E-state index in [-0.39, 0.29) is 17.9 Å². The molecule has 4 unspecified atom stereocenters. The molecule has 8 nitrogen and oxygen atoms in total. The van der Waals surface area contributed by atoms with Crippen LogP contribution in [0, 0.1) is 0 Å². The van der Waals surface area contributed by atoms with Crippen molar-refractivity contribution in [2.45, 2.75) is 31.0 Å². The maximum Gasteiger partial charge on any atom is 0.333 e. The molecule has 26 heavy (non-hydrogen) atoms. The Morgan fingerprint density at radius 3 is 2.54 bits per heavy atom. The summed E-state index contributed by atoms with van der Waals surface area (Å²) in [6.07, 6.45) is 1.80. The summed E-state index contributed by atoms with van der Waals surface area (Å²) >= 11 is 0. The normalized spacial score (nSPS) is 22.2. The van der Waals surface area contributed by atoms with Gasteiger partial charge in [-0.15, -0.1) is 0 Å². The minimum Gasteiger partial charge on any atom is -0.504 e. The van der Waals surface area contributed by atoms with Crippen molar-refractivity contribution in [1.29, 1.82) is 0 Å². The lowest BCUT2D eigenvalue weighted by molar-refractivity contribution is -0.165. The molecule has 0 saturated heterocycles. The first kappa shape index (κ1) is 19.7. The first-order valence-corrected chi connectivity index (χ1v) is 7.78. The number of aliphatic hydroxyl groups is 3. The number of phenols is 2. The number of carbonyl (C=O) groups is 1. The van der Waals surface area contributed by atoms with Crippen LogP contribution in [-0.4, -0.2) is 61.2 Å². The molecule has 4 atom stereocenters. The van der Waals surface area contributed by atoms with Crippen molar-refractivity contribution in [2.24, 2.45) is 0 Å². The second kappa shape index (κ2) is 8.63. The molecule has 0 bridgehead atoms. The SMILES string of the molecule is O=C(O)C(Cc1ccc(O)c(O)c1)OC(O)/C=C/C1=CC(O)C(O)C=C1. The third-order valence-corrected chi connectivity index (χ3v) is 3.69. The number of hydrogen-bond donors (Lipinski definition) is 6. The van der Waals surface area contributed by atoms with Gasteiger partial charge in [0.25, 0.3) is 0 Å². The predicted molar refractivity (Wildman–Crippen MR) is 90.4 cm³/mol. The molecule has 0 saturated carbocycles. The van der Waals surface area contributed by atoms with Crippen molar-refractivity contribution >= 4 is 5.97 Å². The first-order valence-electron chi connectivity index (χ1n) is 7.78. The van der Waals surface area contributed by atoms with E-state index >= 15 is 0 Å². The van der Waals surface area contributed by atoms with E-state index in [2.05, 4.69) is 0 Å². The third-order valence-electron chi connectivity index (χ3n) is 3.69.